The molecule has 172 valence electrons. The van der Waals surface area contributed by atoms with Crippen molar-refractivity contribution in [2.24, 2.45) is 4.99 Å². The van der Waals surface area contributed by atoms with Gasteiger partial charge in [0.2, 0.25) is 0 Å². The van der Waals surface area contributed by atoms with E-state index in [4.69, 9.17) is 37.4 Å². The summed E-state index contributed by atoms with van der Waals surface area (Å²) in [6, 6.07) is 10.5. The van der Waals surface area contributed by atoms with E-state index in [1.165, 1.54) is 11.8 Å². The van der Waals surface area contributed by atoms with Crippen molar-refractivity contribution in [1.82, 2.24) is 4.90 Å². The van der Waals surface area contributed by atoms with Crippen LogP contribution in [0, 0.1) is 0 Å². The predicted octanol–water partition coefficient (Wildman–Crippen LogP) is 6.35. The van der Waals surface area contributed by atoms with Crippen molar-refractivity contribution in [2.75, 3.05) is 13.7 Å². The number of carbonyl (C=O) groups is 1. The van der Waals surface area contributed by atoms with E-state index < -0.39 is 12.0 Å². The maximum atomic E-state index is 12.9. The van der Waals surface area contributed by atoms with Gasteiger partial charge < -0.3 is 19.1 Å². The zero-order valence-electron chi connectivity index (χ0n) is 18.3. The maximum Gasteiger partial charge on any atom is 0.338 e. The molecule has 0 bridgehead atoms. The Morgan fingerprint density at radius 3 is 2.67 bits per heavy atom. The SMILES string of the molecule is CCOC(=O)C1=C(C)N=C2SC=CN2[C@@H]1c1cc(Cl)c(OCc2ccc(Cl)cc2)c(OC)c1. The second-order valence-corrected chi connectivity index (χ2v) is 8.99. The summed E-state index contributed by atoms with van der Waals surface area (Å²) in [6.45, 7) is 4.15. The van der Waals surface area contributed by atoms with Crippen LogP contribution in [0.1, 0.15) is 31.0 Å². The summed E-state index contributed by atoms with van der Waals surface area (Å²) in [7, 11) is 1.55. The summed E-state index contributed by atoms with van der Waals surface area (Å²) in [4.78, 5) is 19.4. The van der Waals surface area contributed by atoms with E-state index in [0.29, 0.717) is 39.4 Å². The first-order valence-corrected chi connectivity index (χ1v) is 11.9. The molecule has 0 saturated heterocycles. The number of methoxy groups -OCH3 is 1. The third kappa shape index (κ3) is 4.86. The molecule has 0 aromatic heterocycles. The van der Waals surface area contributed by atoms with Gasteiger partial charge in [0.25, 0.3) is 0 Å². The van der Waals surface area contributed by atoms with Crippen molar-refractivity contribution in [1.29, 1.82) is 0 Å². The van der Waals surface area contributed by atoms with Gasteiger partial charge in [0, 0.05) is 11.2 Å². The number of carbonyl (C=O) groups excluding carboxylic acids is 1. The van der Waals surface area contributed by atoms with Gasteiger partial charge in [-0.2, -0.15) is 0 Å². The van der Waals surface area contributed by atoms with Crippen molar-refractivity contribution in [2.45, 2.75) is 26.5 Å². The number of ether oxygens (including phenoxy) is 3. The van der Waals surface area contributed by atoms with Crippen LogP contribution in [0.25, 0.3) is 0 Å². The van der Waals surface area contributed by atoms with Crippen molar-refractivity contribution < 1.29 is 19.0 Å². The van der Waals surface area contributed by atoms with Crippen LogP contribution in [0.5, 0.6) is 11.5 Å². The van der Waals surface area contributed by atoms with E-state index in [-0.39, 0.29) is 6.61 Å². The highest BCUT2D eigenvalue weighted by atomic mass is 35.5. The Bertz CT molecular complexity index is 1160. The van der Waals surface area contributed by atoms with Gasteiger partial charge in [-0.3, -0.25) is 0 Å². The molecule has 0 unspecified atom stereocenters. The van der Waals surface area contributed by atoms with E-state index in [0.717, 1.165) is 16.3 Å². The van der Waals surface area contributed by atoms with Gasteiger partial charge in [-0.15, -0.1) is 0 Å². The highest BCUT2D eigenvalue weighted by Gasteiger charge is 2.38. The lowest BCUT2D eigenvalue weighted by atomic mass is 9.94. The standard InChI is InChI=1S/C24H22Cl2N2O4S/c1-4-31-23(29)20-14(2)27-24-28(9-10-33-24)21(20)16-11-18(26)22(19(12-16)30-3)32-13-15-5-7-17(25)8-6-15/h5-12,21H,4,13H2,1-3H3/t21-/m1/s1. The number of nitrogens with zero attached hydrogens (tertiary/aromatic N) is 2. The number of hydrogen-bond acceptors (Lipinski definition) is 7. The first-order chi connectivity index (χ1) is 15.9. The van der Waals surface area contributed by atoms with Crippen LogP contribution < -0.4 is 9.47 Å². The number of amidine groups is 1. The number of fused-ring (bicyclic) bond motifs is 1. The fourth-order valence-electron chi connectivity index (χ4n) is 3.67. The third-order valence-electron chi connectivity index (χ3n) is 5.18. The van der Waals surface area contributed by atoms with E-state index in [1.54, 1.807) is 32.2 Å². The predicted molar refractivity (Wildman–Crippen MR) is 132 cm³/mol. The second kappa shape index (κ2) is 10.1. The molecule has 6 nitrogen and oxygen atoms in total. The molecule has 1 atom stereocenters. The van der Waals surface area contributed by atoms with Crippen LogP contribution in [-0.4, -0.2) is 29.8 Å². The Morgan fingerprint density at radius 2 is 1.97 bits per heavy atom. The molecule has 0 amide bonds. The molecule has 9 heteroatoms. The number of thioether (sulfide) groups is 1. The summed E-state index contributed by atoms with van der Waals surface area (Å²) in [5.41, 5.74) is 2.77. The number of allylic oxidation sites excluding steroid dienone is 1. The van der Waals surface area contributed by atoms with Gasteiger partial charge in [0.1, 0.15) is 6.61 Å². The van der Waals surface area contributed by atoms with Crippen LogP contribution in [0.3, 0.4) is 0 Å². The molecular formula is C24H22Cl2N2O4S. The average molecular weight is 505 g/mol. The zero-order chi connectivity index (χ0) is 23.5. The monoisotopic (exact) mass is 504 g/mol. The number of aliphatic imine (C=N–C) groups is 1. The van der Waals surface area contributed by atoms with Crippen molar-refractivity contribution >= 4 is 46.1 Å². The molecule has 0 spiro atoms. The lowest BCUT2D eigenvalue weighted by Gasteiger charge is -2.33. The summed E-state index contributed by atoms with van der Waals surface area (Å²) in [6.07, 6.45) is 1.89. The lowest BCUT2D eigenvalue weighted by Crippen LogP contribution is -2.34. The van der Waals surface area contributed by atoms with Crippen molar-refractivity contribution in [3.05, 3.63) is 80.4 Å². The Balaban J connectivity index is 1.70. The molecule has 0 radical (unpaired) electrons. The molecular weight excluding hydrogens is 483 g/mol. The zero-order valence-corrected chi connectivity index (χ0v) is 20.6. The molecule has 2 aliphatic heterocycles. The molecule has 0 fully saturated rings. The molecule has 33 heavy (non-hydrogen) atoms. The Hall–Kier alpha value is -2.61. The van der Waals surface area contributed by atoms with Crippen molar-refractivity contribution in [3.63, 3.8) is 0 Å². The van der Waals surface area contributed by atoms with Gasteiger partial charge >= 0.3 is 5.97 Å². The topological polar surface area (TPSA) is 60.4 Å². The molecule has 0 N–H and O–H groups in total. The highest BCUT2D eigenvalue weighted by Crippen LogP contribution is 2.45. The van der Waals surface area contributed by atoms with Crippen LogP contribution in [0.15, 0.2) is 64.3 Å². The molecule has 2 heterocycles. The van der Waals surface area contributed by atoms with Crippen LogP contribution >= 0.6 is 35.0 Å². The first-order valence-electron chi connectivity index (χ1n) is 10.3. The number of benzene rings is 2. The van der Waals surface area contributed by atoms with Gasteiger partial charge in [0.05, 0.1) is 36.1 Å². The fourth-order valence-corrected chi connectivity index (χ4v) is 4.86. The van der Waals surface area contributed by atoms with E-state index in [2.05, 4.69) is 4.99 Å². The Kier molecular flexibility index (Phi) is 7.22. The smallest absolute Gasteiger partial charge is 0.338 e. The number of hydrogen-bond donors (Lipinski definition) is 0. The molecule has 2 aliphatic rings. The van der Waals surface area contributed by atoms with E-state index in [1.807, 2.05) is 41.6 Å². The maximum absolute atomic E-state index is 12.9. The molecule has 2 aromatic rings. The van der Waals surface area contributed by atoms with Gasteiger partial charge in [-0.05, 0) is 54.6 Å². The minimum atomic E-state index is -0.459. The normalized spacial score (nSPS) is 17.1. The fraction of sp³-hybridized carbons (Fsp3) is 0.250. The van der Waals surface area contributed by atoms with E-state index in [9.17, 15) is 4.79 Å². The Morgan fingerprint density at radius 1 is 1.21 bits per heavy atom. The van der Waals surface area contributed by atoms with Crippen LogP contribution in [0.2, 0.25) is 10.0 Å². The summed E-state index contributed by atoms with van der Waals surface area (Å²) in [5, 5.41) is 3.74. The van der Waals surface area contributed by atoms with Crippen LogP contribution in [0.4, 0.5) is 0 Å². The first kappa shape index (κ1) is 23.5. The number of esters is 1. The van der Waals surface area contributed by atoms with Crippen LogP contribution in [-0.2, 0) is 16.1 Å². The third-order valence-corrected chi connectivity index (χ3v) is 6.48. The molecule has 0 saturated carbocycles. The summed E-state index contributed by atoms with van der Waals surface area (Å²) < 4.78 is 16.9. The molecule has 0 aliphatic carbocycles. The van der Waals surface area contributed by atoms with Crippen molar-refractivity contribution in [3.8, 4) is 11.5 Å². The lowest BCUT2D eigenvalue weighted by molar-refractivity contribution is -0.139. The largest absolute Gasteiger partial charge is 0.493 e. The minimum absolute atomic E-state index is 0.269. The molecule has 4 rings (SSSR count). The number of halogens is 2. The van der Waals surface area contributed by atoms with Gasteiger partial charge in [0.15, 0.2) is 16.7 Å². The minimum Gasteiger partial charge on any atom is -0.493 e. The van der Waals surface area contributed by atoms with Gasteiger partial charge in [-0.1, -0.05) is 47.1 Å². The van der Waals surface area contributed by atoms with Gasteiger partial charge in [-0.25, -0.2) is 9.79 Å². The second-order valence-electron chi connectivity index (χ2n) is 7.28. The molecule has 2 aromatic carbocycles. The Labute approximate surface area is 206 Å². The quantitative estimate of drug-likeness (QED) is 0.409. The summed E-state index contributed by atoms with van der Waals surface area (Å²) >= 11 is 14.1. The summed E-state index contributed by atoms with van der Waals surface area (Å²) in [5.74, 6) is 0.478. The number of rotatable bonds is 7. The average Bonchev–Trinajstić information content (AvgIpc) is 3.26. The van der Waals surface area contributed by atoms with E-state index >= 15 is 0 Å². The highest BCUT2D eigenvalue weighted by molar-refractivity contribution is 8.16.